The zero-order chi connectivity index (χ0) is 18.8. The Balaban J connectivity index is 1.47. The van der Waals surface area contributed by atoms with E-state index in [2.05, 4.69) is 21.3 Å². The number of nitrogens with zero attached hydrogens (tertiary/aromatic N) is 2. The number of carbonyl (C=O) groups excluding carboxylic acids is 1. The first-order valence-electron chi connectivity index (χ1n) is 8.57. The largest absolute Gasteiger partial charge is 0.497 e. The van der Waals surface area contributed by atoms with Gasteiger partial charge in [0.25, 0.3) is 5.91 Å². The number of nitrogens with one attached hydrogen (secondary N) is 1. The Morgan fingerprint density at radius 2 is 1.96 bits per heavy atom. The minimum absolute atomic E-state index is 0.0459. The third kappa shape index (κ3) is 3.46. The van der Waals surface area contributed by atoms with Crippen molar-refractivity contribution in [3.8, 4) is 0 Å². The van der Waals surface area contributed by atoms with Gasteiger partial charge in [-0.15, -0.1) is 0 Å². The van der Waals surface area contributed by atoms with E-state index in [0.29, 0.717) is 16.3 Å². The second kappa shape index (κ2) is 7.29. The summed E-state index contributed by atoms with van der Waals surface area (Å²) in [5, 5.41) is 3.30. The summed E-state index contributed by atoms with van der Waals surface area (Å²) in [5.74, 6) is 0.594. The van der Waals surface area contributed by atoms with Crippen molar-refractivity contribution in [2.45, 2.75) is 12.1 Å². The summed E-state index contributed by atoms with van der Waals surface area (Å²) >= 11 is 6.08. The highest BCUT2D eigenvalue weighted by molar-refractivity contribution is 6.34. The molecule has 1 amide bonds. The molecule has 4 rings (SSSR count). The topological polar surface area (TPSA) is 53.9 Å². The molecule has 1 N–H and O–H groups in total. The average Bonchev–Trinajstić information content (AvgIpc) is 3.12. The smallest absolute Gasteiger partial charge is 0.257 e. The normalized spacial score (nSPS) is 20.2. The maximum atomic E-state index is 12.4. The van der Waals surface area contributed by atoms with E-state index in [1.54, 1.807) is 31.4 Å². The van der Waals surface area contributed by atoms with Gasteiger partial charge in [0.05, 0.1) is 36.1 Å². The lowest BCUT2D eigenvalue weighted by Gasteiger charge is -2.26. The van der Waals surface area contributed by atoms with Crippen molar-refractivity contribution in [2.75, 3.05) is 17.3 Å². The van der Waals surface area contributed by atoms with E-state index >= 15 is 0 Å². The number of halogens is 1. The van der Waals surface area contributed by atoms with Crippen molar-refractivity contribution in [3.05, 3.63) is 83.1 Å². The lowest BCUT2D eigenvalue weighted by molar-refractivity contribution is 0.102. The van der Waals surface area contributed by atoms with Gasteiger partial charge in [0, 0.05) is 11.4 Å². The van der Waals surface area contributed by atoms with Crippen LogP contribution in [0, 0.1) is 0 Å². The number of anilines is 2. The zero-order valence-corrected chi connectivity index (χ0v) is 15.4. The molecule has 2 atom stereocenters. The Morgan fingerprint density at radius 3 is 2.70 bits per heavy atom. The van der Waals surface area contributed by atoms with Crippen LogP contribution >= 0.6 is 11.6 Å². The molecule has 6 heteroatoms. The summed E-state index contributed by atoms with van der Waals surface area (Å²) in [7, 11) is 1.66. The molecule has 0 aromatic heterocycles. The first-order chi connectivity index (χ1) is 13.2. The quantitative estimate of drug-likeness (QED) is 0.862. The minimum atomic E-state index is -0.233. The number of allylic oxidation sites excluding steroid dienone is 1. The number of aliphatic imine (C=N–C) groups is 1. The van der Waals surface area contributed by atoms with Crippen molar-refractivity contribution >= 4 is 35.2 Å². The molecule has 0 saturated heterocycles. The standard InChI is InChI=1S/C21H18ClN3O2/c1-27-16-10-11-20-19(12-16)23-13-25(20)15-8-6-14(7-9-15)24-21(26)17-4-2-3-5-18(17)22/h2-13,19-20H,1H3,(H,24,26). The van der Waals surface area contributed by atoms with Crippen LogP contribution in [-0.4, -0.2) is 31.4 Å². The van der Waals surface area contributed by atoms with Gasteiger partial charge in [0.15, 0.2) is 0 Å². The summed E-state index contributed by atoms with van der Waals surface area (Å²) in [6.45, 7) is 0. The lowest BCUT2D eigenvalue weighted by atomic mass is 10.0. The Kier molecular flexibility index (Phi) is 4.69. The van der Waals surface area contributed by atoms with E-state index in [4.69, 9.17) is 16.3 Å². The second-order valence-electron chi connectivity index (χ2n) is 6.27. The molecular weight excluding hydrogens is 362 g/mol. The van der Waals surface area contributed by atoms with E-state index in [0.717, 1.165) is 11.4 Å². The second-order valence-corrected chi connectivity index (χ2v) is 6.67. The van der Waals surface area contributed by atoms with E-state index in [-0.39, 0.29) is 18.0 Å². The highest BCUT2D eigenvalue weighted by atomic mass is 35.5. The molecular formula is C21H18ClN3O2. The Hall–Kier alpha value is -3.05. The molecule has 0 bridgehead atoms. The number of hydrogen-bond acceptors (Lipinski definition) is 4. The van der Waals surface area contributed by atoms with Gasteiger partial charge in [-0.05, 0) is 48.6 Å². The summed E-state index contributed by atoms with van der Waals surface area (Å²) in [6.07, 6.45) is 7.90. The van der Waals surface area contributed by atoms with Crippen LogP contribution < -0.4 is 10.2 Å². The molecule has 2 aliphatic rings. The summed E-state index contributed by atoms with van der Waals surface area (Å²) in [6, 6.07) is 14.8. The molecule has 27 heavy (non-hydrogen) atoms. The van der Waals surface area contributed by atoms with Crippen LogP contribution in [0.25, 0.3) is 0 Å². The molecule has 5 nitrogen and oxygen atoms in total. The van der Waals surface area contributed by atoms with Gasteiger partial charge < -0.3 is 15.0 Å². The maximum Gasteiger partial charge on any atom is 0.257 e. The fraction of sp³-hybridized carbons (Fsp3) is 0.143. The third-order valence-corrected chi connectivity index (χ3v) is 4.93. The van der Waals surface area contributed by atoms with Gasteiger partial charge in [0.2, 0.25) is 0 Å². The van der Waals surface area contributed by atoms with Gasteiger partial charge in [-0.3, -0.25) is 9.79 Å². The molecule has 1 aliphatic carbocycles. The number of benzene rings is 2. The molecule has 2 aromatic rings. The lowest BCUT2D eigenvalue weighted by Crippen LogP contribution is -2.35. The van der Waals surface area contributed by atoms with Gasteiger partial charge in [-0.1, -0.05) is 29.8 Å². The zero-order valence-electron chi connectivity index (χ0n) is 14.7. The Bertz CT molecular complexity index is 950. The monoisotopic (exact) mass is 379 g/mol. The molecule has 1 aliphatic heterocycles. The van der Waals surface area contributed by atoms with Crippen LogP contribution in [0.4, 0.5) is 11.4 Å². The first kappa shape index (κ1) is 17.4. The van der Waals surface area contributed by atoms with Crippen LogP contribution in [0.1, 0.15) is 10.4 Å². The predicted octanol–water partition coefficient (Wildman–Crippen LogP) is 4.28. The van der Waals surface area contributed by atoms with E-state index in [1.165, 1.54) is 0 Å². The number of rotatable bonds is 4. The van der Waals surface area contributed by atoms with E-state index in [9.17, 15) is 4.79 Å². The predicted molar refractivity (Wildman–Crippen MR) is 109 cm³/mol. The fourth-order valence-corrected chi connectivity index (χ4v) is 3.40. The number of hydrogen-bond donors (Lipinski definition) is 1. The molecule has 136 valence electrons. The minimum Gasteiger partial charge on any atom is -0.497 e. The van der Waals surface area contributed by atoms with Crippen molar-refractivity contribution < 1.29 is 9.53 Å². The summed E-state index contributed by atoms with van der Waals surface area (Å²) in [4.78, 5) is 19.0. The number of carbonyl (C=O) groups is 1. The van der Waals surface area contributed by atoms with Crippen LogP contribution in [0.5, 0.6) is 0 Å². The number of amides is 1. The van der Waals surface area contributed by atoms with Crippen molar-refractivity contribution in [2.24, 2.45) is 4.99 Å². The first-order valence-corrected chi connectivity index (χ1v) is 8.95. The van der Waals surface area contributed by atoms with Crippen molar-refractivity contribution in [1.29, 1.82) is 0 Å². The molecule has 0 spiro atoms. The van der Waals surface area contributed by atoms with Gasteiger partial charge in [-0.25, -0.2) is 0 Å². The van der Waals surface area contributed by atoms with Crippen molar-refractivity contribution in [3.63, 3.8) is 0 Å². The average molecular weight is 380 g/mol. The number of ether oxygens (including phenoxy) is 1. The van der Waals surface area contributed by atoms with Crippen LogP contribution in [0.3, 0.4) is 0 Å². The third-order valence-electron chi connectivity index (χ3n) is 4.60. The molecule has 0 radical (unpaired) electrons. The van der Waals surface area contributed by atoms with Crippen LogP contribution in [0.2, 0.25) is 5.02 Å². The van der Waals surface area contributed by atoms with Gasteiger partial charge in [-0.2, -0.15) is 0 Å². The van der Waals surface area contributed by atoms with Gasteiger partial charge in [0.1, 0.15) is 5.76 Å². The summed E-state index contributed by atoms with van der Waals surface area (Å²) in [5.41, 5.74) is 2.16. The SMILES string of the molecule is COC1=CC2N=CN(c3ccc(NC(=O)c4ccccc4Cl)cc3)C2C=C1. The van der Waals surface area contributed by atoms with Crippen LogP contribution in [0.15, 0.2) is 77.5 Å². The van der Waals surface area contributed by atoms with E-state index in [1.807, 2.05) is 42.8 Å². The number of fused-ring (bicyclic) bond motifs is 1. The summed E-state index contributed by atoms with van der Waals surface area (Å²) < 4.78 is 5.27. The van der Waals surface area contributed by atoms with E-state index < -0.39 is 0 Å². The Labute approximate surface area is 162 Å². The van der Waals surface area contributed by atoms with Gasteiger partial charge >= 0.3 is 0 Å². The fourth-order valence-electron chi connectivity index (χ4n) is 3.18. The van der Waals surface area contributed by atoms with Crippen LogP contribution in [-0.2, 0) is 4.74 Å². The molecule has 2 aromatic carbocycles. The highest BCUT2D eigenvalue weighted by Crippen LogP contribution is 2.29. The number of methoxy groups -OCH3 is 1. The maximum absolute atomic E-state index is 12.4. The Morgan fingerprint density at radius 1 is 1.19 bits per heavy atom. The molecule has 0 saturated carbocycles. The molecule has 1 heterocycles. The molecule has 2 unspecified atom stereocenters. The highest BCUT2D eigenvalue weighted by Gasteiger charge is 2.30. The van der Waals surface area contributed by atoms with Crippen molar-refractivity contribution in [1.82, 2.24) is 0 Å². The molecule has 0 fully saturated rings.